The lowest BCUT2D eigenvalue weighted by Gasteiger charge is -2.13. The monoisotopic (exact) mass is 273 g/mol. The number of ether oxygens (including phenoxy) is 2. The van der Waals surface area contributed by atoms with Gasteiger partial charge in [0.25, 0.3) is 0 Å². The molecule has 19 heavy (non-hydrogen) atoms. The van der Waals surface area contributed by atoms with Crippen molar-refractivity contribution in [2.45, 2.75) is 33.4 Å². The molecule has 0 radical (unpaired) electrons. The highest BCUT2D eigenvalue weighted by Crippen LogP contribution is 2.29. The summed E-state index contributed by atoms with van der Waals surface area (Å²) in [6, 6.07) is 5.05. The average molecular weight is 273 g/mol. The Kier molecular flexibility index (Phi) is 6.56. The van der Waals surface area contributed by atoms with Crippen molar-refractivity contribution in [3.63, 3.8) is 0 Å². The Bertz CT molecular complexity index is 386. The molecule has 0 aliphatic heterocycles. The molecule has 5 heteroatoms. The number of halogens is 2. The zero-order valence-corrected chi connectivity index (χ0v) is 11.6. The van der Waals surface area contributed by atoms with Gasteiger partial charge in [0.15, 0.2) is 11.5 Å². The standard InChI is InChI=1S/C14H21F2NO2/c1-4-10(2)8-17-9-11-5-6-12(18-3)13(7-11)19-14(15)16/h5-7,10,14,17H,4,8-9H2,1-3H3. The van der Waals surface area contributed by atoms with E-state index >= 15 is 0 Å². The Balaban J connectivity index is 2.64. The van der Waals surface area contributed by atoms with E-state index < -0.39 is 6.61 Å². The van der Waals surface area contributed by atoms with E-state index in [1.54, 1.807) is 12.1 Å². The normalized spacial score (nSPS) is 12.5. The van der Waals surface area contributed by atoms with Crippen molar-refractivity contribution < 1.29 is 18.3 Å². The van der Waals surface area contributed by atoms with E-state index in [9.17, 15) is 8.78 Å². The number of hydrogen-bond acceptors (Lipinski definition) is 3. The van der Waals surface area contributed by atoms with Crippen LogP contribution in [0.3, 0.4) is 0 Å². The predicted molar refractivity (Wildman–Crippen MR) is 70.8 cm³/mol. The van der Waals surface area contributed by atoms with Gasteiger partial charge in [0, 0.05) is 6.54 Å². The molecule has 1 atom stereocenters. The summed E-state index contributed by atoms with van der Waals surface area (Å²) in [5.41, 5.74) is 0.889. The third-order valence-corrected chi connectivity index (χ3v) is 2.96. The first-order valence-electron chi connectivity index (χ1n) is 6.39. The van der Waals surface area contributed by atoms with Crippen LogP contribution in [-0.2, 0) is 6.54 Å². The summed E-state index contributed by atoms with van der Waals surface area (Å²) in [7, 11) is 1.43. The van der Waals surface area contributed by atoms with Crippen molar-refractivity contribution in [1.29, 1.82) is 0 Å². The molecule has 0 spiro atoms. The molecule has 1 rings (SSSR count). The van der Waals surface area contributed by atoms with Crippen LogP contribution in [0.4, 0.5) is 8.78 Å². The smallest absolute Gasteiger partial charge is 0.387 e. The molecular formula is C14H21F2NO2. The minimum absolute atomic E-state index is 0.0698. The van der Waals surface area contributed by atoms with Crippen LogP contribution in [0.1, 0.15) is 25.8 Å². The molecule has 0 saturated carbocycles. The SMILES string of the molecule is CCC(C)CNCc1ccc(OC)c(OC(F)F)c1. The second-order valence-electron chi connectivity index (χ2n) is 4.51. The Morgan fingerprint density at radius 2 is 2.00 bits per heavy atom. The van der Waals surface area contributed by atoms with Crippen LogP contribution in [0.25, 0.3) is 0 Å². The van der Waals surface area contributed by atoms with Crippen molar-refractivity contribution >= 4 is 0 Å². The molecule has 3 nitrogen and oxygen atoms in total. The van der Waals surface area contributed by atoms with Gasteiger partial charge in [-0.15, -0.1) is 0 Å². The Morgan fingerprint density at radius 3 is 2.58 bits per heavy atom. The van der Waals surface area contributed by atoms with Crippen molar-refractivity contribution in [2.75, 3.05) is 13.7 Å². The molecule has 1 unspecified atom stereocenters. The third-order valence-electron chi connectivity index (χ3n) is 2.96. The van der Waals surface area contributed by atoms with Gasteiger partial charge < -0.3 is 14.8 Å². The summed E-state index contributed by atoms with van der Waals surface area (Å²) in [6.07, 6.45) is 1.11. The highest BCUT2D eigenvalue weighted by Gasteiger charge is 2.11. The van der Waals surface area contributed by atoms with E-state index in [1.165, 1.54) is 7.11 Å². The molecule has 0 aromatic heterocycles. The molecule has 0 saturated heterocycles. The number of methoxy groups -OCH3 is 1. The van der Waals surface area contributed by atoms with Crippen LogP contribution in [-0.4, -0.2) is 20.3 Å². The van der Waals surface area contributed by atoms with Crippen molar-refractivity contribution in [3.8, 4) is 11.5 Å². The maximum Gasteiger partial charge on any atom is 0.387 e. The summed E-state index contributed by atoms with van der Waals surface area (Å²) in [4.78, 5) is 0. The van der Waals surface area contributed by atoms with Gasteiger partial charge in [-0.05, 0) is 30.2 Å². The quantitative estimate of drug-likeness (QED) is 0.787. The van der Waals surface area contributed by atoms with Crippen LogP contribution in [0, 0.1) is 5.92 Å². The van der Waals surface area contributed by atoms with E-state index in [0.29, 0.717) is 18.2 Å². The zero-order valence-electron chi connectivity index (χ0n) is 11.6. The van der Waals surface area contributed by atoms with E-state index in [2.05, 4.69) is 23.9 Å². The largest absolute Gasteiger partial charge is 0.493 e. The van der Waals surface area contributed by atoms with Crippen molar-refractivity contribution in [1.82, 2.24) is 5.32 Å². The maximum absolute atomic E-state index is 12.3. The highest BCUT2D eigenvalue weighted by molar-refractivity contribution is 5.42. The summed E-state index contributed by atoms with van der Waals surface area (Å²) < 4.78 is 34.0. The van der Waals surface area contributed by atoms with Crippen LogP contribution in [0.15, 0.2) is 18.2 Å². The molecule has 0 heterocycles. The summed E-state index contributed by atoms with van der Waals surface area (Å²) in [5.74, 6) is 0.973. The lowest BCUT2D eigenvalue weighted by Crippen LogP contribution is -2.20. The van der Waals surface area contributed by atoms with Crippen molar-refractivity contribution in [2.24, 2.45) is 5.92 Å². The minimum Gasteiger partial charge on any atom is -0.493 e. The Hall–Kier alpha value is -1.36. The summed E-state index contributed by atoms with van der Waals surface area (Å²) >= 11 is 0. The van der Waals surface area contributed by atoms with E-state index in [4.69, 9.17) is 4.74 Å². The topological polar surface area (TPSA) is 30.5 Å². The number of rotatable bonds is 8. The van der Waals surface area contributed by atoms with Crippen LogP contribution in [0.5, 0.6) is 11.5 Å². The van der Waals surface area contributed by atoms with Crippen LogP contribution >= 0.6 is 0 Å². The maximum atomic E-state index is 12.3. The lowest BCUT2D eigenvalue weighted by atomic mass is 10.1. The fraction of sp³-hybridized carbons (Fsp3) is 0.571. The summed E-state index contributed by atoms with van der Waals surface area (Å²) in [6.45, 7) is 2.96. The second-order valence-corrected chi connectivity index (χ2v) is 4.51. The van der Waals surface area contributed by atoms with Gasteiger partial charge in [-0.2, -0.15) is 8.78 Å². The van der Waals surface area contributed by atoms with E-state index in [-0.39, 0.29) is 5.75 Å². The van der Waals surface area contributed by atoms with Gasteiger partial charge in [0.2, 0.25) is 0 Å². The first-order chi connectivity index (χ1) is 9.06. The van der Waals surface area contributed by atoms with Crippen LogP contribution in [0.2, 0.25) is 0 Å². The fourth-order valence-corrected chi connectivity index (χ4v) is 1.63. The fourth-order valence-electron chi connectivity index (χ4n) is 1.63. The highest BCUT2D eigenvalue weighted by atomic mass is 19.3. The molecule has 0 amide bonds. The van der Waals surface area contributed by atoms with Gasteiger partial charge >= 0.3 is 6.61 Å². The Labute approximate surface area is 112 Å². The molecule has 1 N–H and O–H groups in total. The molecule has 0 fully saturated rings. The Morgan fingerprint density at radius 1 is 1.26 bits per heavy atom. The van der Waals surface area contributed by atoms with Gasteiger partial charge in [-0.25, -0.2) is 0 Å². The second kappa shape index (κ2) is 7.94. The molecule has 0 aliphatic rings. The first kappa shape index (κ1) is 15.7. The zero-order chi connectivity index (χ0) is 14.3. The van der Waals surface area contributed by atoms with Gasteiger partial charge in [0.05, 0.1) is 7.11 Å². The molecular weight excluding hydrogens is 252 g/mol. The van der Waals surface area contributed by atoms with Crippen molar-refractivity contribution in [3.05, 3.63) is 23.8 Å². The van der Waals surface area contributed by atoms with E-state index in [1.807, 2.05) is 6.07 Å². The minimum atomic E-state index is -2.85. The van der Waals surface area contributed by atoms with Gasteiger partial charge in [0.1, 0.15) is 0 Å². The molecule has 0 bridgehead atoms. The molecule has 0 aliphatic carbocycles. The first-order valence-corrected chi connectivity index (χ1v) is 6.39. The number of alkyl halides is 2. The number of nitrogens with one attached hydrogen (secondary N) is 1. The lowest BCUT2D eigenvalue weighted by molar-refractivity contribution is -0.0512. The van der Waals surface area contributed by atoms with Gasteiger partial charge in [-0.1, -0.05) is 26.3 Å². The molecule has 108 valence electrons. The number of benzene rings is 1. The number of hydrogen-bond donors (Lipinski definition) is 1. The molecule has 1 aromatic carbocycles. The average Bonchev–Trinajstić information content (AvgIpc) is 2.38. The van der Waals surface area contributed by atoms with Gasteiger partial charge in [-0.3, -0.25) is 0 Å². The third kappa shape index (κ3) is 5.42. The summed E-state index contributed by atoms with van der Waals surface area (Å²) in [5, 5.41) is 3.29. The van der Waals surface area contributed by atoms with E-state index in [0.717, 1.165) is 18.5 Å². The predicted octanol–water partition coefficient (Wildman–Crippen LogP) is 3.43. The molecule has 1 aromatic rings. The van der Waals surface area contributed by atoms with Crippen LogP contribution < -0.4 is 14.8 Å².